The minimum absolute atomic E-state index is 0.148. The van der Waals surface area contributed by atoms with Crippen LogP contribution < -0.4 is 4.74 Å². The van der Waals surface area contributed by atoms with E-state index in [1.54, 1.807) is 0 Å². The van der Waals surface area contributed by atoms with E-state index in [1.807, 2.05) is 4.90 Å². The highest BCUT2D eigenvalue weighted by molar-refractivity contribution is 5.69. The van der Waals surface area contributed by atoms with Gasteiger partial charge in [0, 0.05) is 18.5 Å². The molecule has 0 aromatic heterocycles. The van der Waals surface area contributed by atoms with Crippen LogP contribution in [0.5, 0.6) is 5.75 Å². The van der Waals surface area contributed by atoms with Crippen molar-refractivity contribution in [2.75, 3.05) is 6.61 Å². The number of rotatable bonds is 4. The van der Waals surface area contributed by atoms with Gasteiger partial charge in [-0.05, 0) is 56.2 Å². The van der Waals surface area contributed by atoms with Gasteiger partial charge in [0.1, 0.15) is 5.75 Å². The van der Waals surface area contributed by atoms with Crippen molar-refractivity contribution in [1.82, 2.24) is 4.90 Å². The molecule has 2 aliphatic carbocycles. The van der Waals surface area contributed by atoms with Crippen molar-refractivity contribution in [1.29, 1.82) is 0 Å². The standard InChI is InChI=1S/C21H29NO3/c23-21-22(20-9-5-4-6-17(20)15-24-21)14-16-10-12-19(13-11-16)25-18-7-2-1-3-8-18/h10-13,17-18,20H,1-9,14-15H2/t17-,20-/m0/s1. The summed E-state index contributed by atoms with van der Waals surface area (Å²) in [5, 5.41) is 0. The van der Waals surface area contributed by atoms with Crippen LogP contribution in [0.2, 0.25) is 0 Å². The average molecular weight is 343 g/mol. The molecule has 2 atom stereocenters. The van der Waals surface area contributed by atoms with Gasteiger partial charge in [-0.3, -0.25) is 0 Å². The minimum atomic E-state index is -0.148. The highest BCUT2D eigenvalue weighted by Gasteiger charge is 2.38. The summed E-state index contributed by atoms with van der Waals surface area (Å²) in [6.07, 6.45) is 11.3. The summed E-state index contributed by atoms with van der Waals surface area (Å²) < 4.78 is 11.5. The zero-order chi connectivity index (χ0) is 17.1. The molecule has 1 amide bonds. The van der Waals surface area contributed by atoms with Crippen LogP contribution in [0.4, 0.5) is 4.79 Å². The maximum Gasteiger partial charge on any atom is 0.410 e. The van der Waals surface area contributed by atoms with Gasteiger partial charge in [-0.25, -0.2) is 4.79 Å². The molecule has 1 heterocycles. The van der Waals surface area contributed by atoms with Crippen LogP contribution in [-0.4, -0.2) is 29.7 Å². The SMILES string of the molecule is O=C1OC[C@@H]2CCCC[C@@H]2N1Cc1ccc(OC2CCCCC2)cc1. The lowest BCUT2D eigenvalue weighted by Gasteiger charge is -2.43. The Bertz CT molecular complexity index is 579. The molecule has 0 bridgehead atoms. The van der Waals surface area contributed by atoms with Crippen molar-refractivity contribution in [3.05, 3.63) is 29.8 Å². The van der Waals surface area contributed by atoms with E-state index in [0.717, 1.165) is 17.7 Å². The number of hydrogen-bond donors (Lipinski definition) is 0. The number of amides is 1. The quantitative estimate of drug-likeness (QED) is 0.780. The molecule has 3 fully saturated rings. The Hall–Kier alpha value is -1.71. The predicted molar refractivity (Wildman–Crippen MR) is 96.6 cm³/mol. The average Bonchev–Trinajstić information content (AvgIpc) is 2.66. The molecule has 1 aromatic rings. The third-order valence-electron chi connectivity index (χ3n) is 6.06. The fourth-order valence-corrected chi connectivity index (χ4v) is 4.62. The molecule has 1 saturated heterocycles. The fraction of sp³-hybridized carbons (Fsp3) is 0.667. The Morgan fingerprint density at radius 3 is 2.48 bits per heavy atom. The van der Waals surface area contributed by atoms with Crippen LogP contribution in [0.3, 0.4) is 0 Å². The van der Waals surface area contributed by atoms with Gasteiger partial charge in [-0.2, -0.15) is 0 Å². The van der Waals surface area contributed by atoms with E-state index in [2.05, 4.69) is 24.3 Å². The molecule has 0 spiro atoms. The van der Waals surface area contributed by atoms with Crippen LogP contribution in [0.25, 0.3) is 0 Å². The highest BCUT2D eigenvalue weighted by Crippen LogP contribution is 2.33. The molecular formula is C21H29NO3. The molecule has 0 unspecified atom stereocenters. The monoisotopic (exact) mass is 343 g/mol. The van der Waals surface area contributed by atoms with E-state index >= 15 is 0 Å². The van der Waals surface area contributed by atoms with Crippen molar-refractivity contribution in [3.63, 3.8) is 0 Å². The van der Waals surface area contributed by atoms with Crippen molar-refractivity contribution < 1.29 is 14.3 Å². The molecule has 3 aliphatic rings. The topological polar surface area (TPSA) is 38.8 Å². The molecule has 2 saturated carbocycles. The van der Waals surface area contributed by atoms with Crippen molar-refractivity contribution in [3.8, 4) is 5.75 Å². The van der Waals surface area contributed by atoms with E-state index in [9.17, 15) is 4.79 Å². The summed E-state index contributed by atoms with van der Waals surface area (Å²) in [5.74, 6) is 1.47. The lowest BCUT2D eigenvalue weighted by molar-refractivity contribution is -0.0121. The number of cyclic esters (lactones) is 1. The third-order valence-corrected chi connectivity index (χ3v) is 6.06. The Kier molecular flexibility index (Phi) is 5.14. The molecule has 1 aliphatic heterocycles. The first-order chi connectivity index (χ1) is 12.3. The van der Waals surface area contributed by atoms with Gasteiger partial charge in [0.25, 0.3) is 0 Å². The molecule has 4 nitrogen and oxygen atoms in total. The number of ether oxygens (including phenoxy) is 2. The number of hydrogen-bond acceptors (Lipinski definition) is 3. The summed E-state index contributed by atoms with van der Waals surface area (Å²) >= 11 is 0. The summed E-state index contributed by atoms with van der Waals surface area (Å²) in [6.45, 7) is 1.25. The van der Waals surface area contributed by atoms with E-state index in [-0.39, 0.29) is 6.09 Å². The van der Waals surface area contributed by atoms with Crippen molar-refractivity contribution in [2.45, 2.75) is 76.5 Å². The number of nitrogens with zero attached hydrogens (tertiary/aromatic N) is 1. The fourth-order valence-electron chi connectivity index (χ4n) is 4.62. The molecule has 0 N–H and O–H groups in total. The van der Waals surface area contributed by atoms with Crippen molar-refractivity contribution in [2.24, 2.45) is 5.92 Å². The summed E-state index contributed by atoms with van der Waals surface area (Å²) in [5.41, 5.74) is 1.15. The largest absolute Gasteiger partial charge is 0.490 e. The van der Waals surface area contributed by atoms with Crippen LogP contribution >= 0.6 is 0 Å². The first kappa shape index (κ1) is 16.7. The normalized spacial score (nSPS) is 27.5. The third kappa shape index (κ3) is 3.94. The molecular weight excluding hydrogens is 314 g/mol. The number of benzene rings is 1. The Morgan fingerprint density at radius 2 is 1.68 bits per heavy atom. The molecule has 4 heteroatoms. The van der Waals surface area contributed by atoms with E-state index in [4.69, 9.17) is 9.47 Å². The first-order valence-corrected chi connectivity index (χ1v) is 9.98. The van der Waals surface area contributed by atoms with Gasteiger partial charge >= 0.3 is 6.09 Å². The van der Waals surface area contributed by atoms with Gasteiger partial charge in [-0.1, -0.05) is 31.4 Å². The van der Waals surface area contributed by atoms with Crippen LogP contribution in [0.1, 0.15) is 63.4 Å². The van der Waals surface area contributed by atoms with Gasteiger partial charge < -0.3 is 14.4 Å². The molecule has 25 heavy (non-hydrogen) atoms. The smallest absolute Gasteiger partial charge is 0.410 e. The van der Waals surface area contributed by atoms with Gasteiger partial charge in [0.2, 0.25) is 0 Å². The Morgan fingerprint density at radius 1 is 0.960 bits per heavy atom. The van der Waals surface area contributed by atoms with Gasteiger partial charge in [-0.15, -0.1) is 0 Å². The Labute approximate surface area is 150 Å². The molecule has 0 radical (unpaired) electrons. The summed E-state index contributed by atoms with van der Waals surface area (Å²) in [7, 11) is 0. The van der Waals surface area contributed by atoms with Crippen LogP contribution in [0.15, 0.2) is 24.3 Å². The Balaban J connectivity index is 1.38. The second-order valence-electron chi connectivity index (χ2n) is 7.84. The zero-order valence-corrected chi connectivity index (χ0v) is 15.0. The van der Waals surface area contributed by atoms with E-state index in [1.165, 1.54) is 51.4 Å². The maximum absolute atomic E-state index is 12.3. The van der Waals surface area contributed by atoms with E-state index in [0.29, 0.717) is 31.2 Å². The van der Waals surface area contributed by atoms with Crippen LogP contribution in [-0.2, 0) is 11.3 Å². The lowest BCUT2D eigenvalue weighted by atomic mass is 9.83. The second-order valence-corrected chi connectivity index (χ2v) is 7.84. The minimum Gasteiger partial charge on any atom is -0.490 e. The summed E-state index contributed by atoms with van der Waals surface area (Å²) in [4.78, 5) is 14.2. The highest BCUT2D eigenvalue weighted by atomic mass is 16.6. The molecule has 136 valence electrons. The summed E-state index contributed by atoms with van der Waals surface area (Å²) in [6, 6.07) is 8.65. The van der Waals surface area contributed by atoms with Crippen LogP contribution in [0, 0.1) is 5.92 Å². The lowest BCUT2D eigenvalue weighted by Crippen LogP contribution is -2.51. The van der Waals surface area contributed by atoms with Gasteiger partial charge in [0.15, 0.2) is 0 Å². The maximum atomic E-state index is 12.3. The number of carbonyl (C=O) groups excluding carboxylic acids is 1. The zero-order valence-electron chi connectivity index (χ0n) is 15.0. The number of carbonyl (C=O) groups is 1. The number of fused-ring (bicyclic) bond motifs is 1. The molecule has 4 rings (SSSR count). The predicted octanol–water partition coefficient (Wildman–Crippen LogP) is 4.91. The van der Waals surface area contributed by atoms with Gasteiger partial charge in [0.05, 0.1) is 12.7 Å². The molecule has 1 aromatic carbocycles. The second kappa shape index (κ2) is 7.67. The van der Waals surface area contributed by atoms with Crippen molar-refractivity contribution >= 4 is 6.09 Å². The van der Waals surface area contributed by atoms with E-state index < -0.39 is 0 Å². The first-order valence-electron chi connectivity index (χ1n) is 9.98.